The van der Waals surface area contributed by atoms with Crippen LogP contribution < -0.4 is 10.1 Å². The molecule has 0 saturated carbocycles. The Balaban J connectivity index is 2.00. The molecule has 1 N–H and O–H groups in total. The van der Waals surface area contributed by atoms with E-state index in [1.165, 1.54) is 0 Å². The van der Waals surface area contributed by atoms with E-state index in [-0.39, 0.29) is 6.04 Å². The third-order valence-corrected chi connectivity index (χ3v) is 2.86. The maximum atomic E-state index is 5.49. The van der Waals surface area contributed by atoms with Gasteiger partial charge in [-0.1, -0.05) is 0 Å². The van der Waals surface area contributed by atoms with Crippen molar-refractivity contribution in [2.45, 2.75) is 19.9 Å². The quantitative estimate of drug-likeness (QED) is 0.906. The van der Waals surface area contributed by atoms with Crippen LogP contribution in [0.5, 0.6) is 5.88 Å². The summed E-state index contributed by atoms with van der Waals surface area (Å²) in [5.74, 6) is 1.51. The first-order valence-electron chi connectivity index (χ1n) is 5.79. The number of nitrogens with zero attached hydrogens (tertiary/aromatic N) is 1. The highest BCUT2D eigenvalue weighted by Gasteiger charge is 2.09. The van der Waals surface area contributed by atoms with Gasteiger partial charge in [-0.25, -0.2) is 4.98 Å². The highest BCUT2D eigenvalue weighted by atomic mass is 79.9. The summed E-state index contributed by atoms with van der Waals surface area (Å²) in [4.78, 5) is 4.20. The molecule has 0 aromatic carbocycles. The van der Waals surface area contributed by atoms with Crippen LogP contribution in [-0.2, 0) is 0 Å². The molecule has 2 aromatic rings. The second-order valence-corrected chi connectivity index (χ2v) is 4.61. The molecular formula is C13H15BrN2O2. The smallest absolute Gasteiger partial charge is 0.213 e. The molecule has 0 aliphatic heterocycles. The Labute approximate surface area is 114 Å². The number of halogens is 1. The van der Waals surface area contributed by atoms with Crippen LogP contribution in [0, 0.1) is 0 Å². The largest absolute Gasteiger partial charge is 0.478 e. The predicted octanol–water partition coefficient (Wildman–Crippen LogP) is 4.01. The Hall–Kier alpha value is -1.49. The number of hydrogen-bond acceptors (Lipinski definition) is 4. The van der Waals surface area contributed by atoms with Crippen LogP contribution in [0.2, 0.25) is 0 Å². The number of pyridine rings is 1. The van der Waals surface area contributed by atoms with E-state index in [9.17, 15) is 0 Å². The highest BCUT2D eigenvalue weighted by molar-refractivity contribution is 9.10. The van der Waals surface area contributed by atoms with Gasteiger partial charge in [-0.3, -0.25) is 0 Å². The minimum atomic E-state index is 0.0797. The molecule has 96 valence electrons. The monoisotopic (exact) mass is 310 g/mol. The summed E-state index contributed by atoms with van der Waals surface area (Å²) < 4.78 is 11.5. The van der Waals surface area contributed by atoms with E-state index in [1.807, 2.05) is 38.1 Å². The predicted molar refractivity (Wildman–Crippen MR) is 73.9 cm³/mol. The van der Waals surface area contributed by atoms with Gasteiger partial charge in [0, 0.05) is 6.07 Å². The maximum Gasteiger partial charge on any atom is 0.213 e. The zero-order valence-corrected chi connectivity index (χ0v) is 11.9. The van der Waals surface area contributed by atoms with E-state index in [2.05, 4.69) is 26.2 Å². The fourth-order valence-electron chi connectivity index (χ4n) is 1.58. The zero-order chi connectivity index (χ0) is 13.0. The van der Waals surface area contributed by atoms with E-state index < -0.39 is 0 Å². The van der Waals surface area contributed by atoms with Crippen LogP contribution in [0.15, 0.2) is 39.5 Å². The number of anilines is 1. The first kappa shape index (κ1) is 13.0. The molecule has 2 heterocycles. The van der Waals surface area contributed by atoms with Crippen LogP contribution in [0.1, 0.15) is 25.6 Å². The second kappa shape index (κ2) is 5.91. The lowest BCUT2D eigenvalue weighted by Gasteiger charge is -2.12. The van der Waals surface area contributed by atoms with Crippen molar-refractivity contribution in [1.29, 1.82) is 0 Å². The van der Waals surface area contributed by atoms with E-state index in [0.29, 0.717) is 12.5 Å². The molecule has 2 aromatic heterocycles. The number of rotatable bonds is 5. The van der Waals surface area contributed by atoms with Gasteiger partial charge < -0.3 is 14.5 Å². The Morgan fingerprint density at radius 3 is 2.78 bits per heavy atom. The van der Waals surface area contributed by atoms with Crippen molar-refractivity contribution < 1.29 is 9.15 Å². The van der Waals surface area contributed by atoms with Crippen LogP contribution in [0.3, 0.4) is 0 Å². The number of aromatic nitrogens is 1. The van der Waals surface area contributed by atoms with E-state index in [0.717, 1.165) is 16.1 Å². The van der Waals surface area contributed by atoms with Gasteiger partial charge in [0.15, 0.2) is 4.67 Å². The molecular weight excluding hydrogens is 296 g/mol. The molecule has 18 heavy (non-hydrogen) atoms. The molecule has 0 spiro atoms. The van der Waals surface area contributed by atoms with E-state index >= 15 is 0 Å². The van der Waals surface area contributed by atoms with Gasteiger partial charge in [-0.15, -0.1) is 0 Å². The number of hydrogen-bond donors (Lipinski definition) is 1. The molecule has 1 atom stereocenters. The van der Waals surface area contributed by atoms with Gasteiger partial charge >= 0.3 is 0 Å². The van der Waals surface area contributed by atoms with Crippen molar-refractivity contribution in [1.82, 2.24) is 4.98 Å². The lowest BCUT2D eigenvalue weighted by molar-refractivity contribution is 0.327. The summed E-state index contributed by atoms with van der Waals surface area (Å²) in [5, 5.41) is 3.31. The van der Waals surface area contributed by atoms with Crippen molar-refractivity contribution in [2.75, 3.05) is 11.9 Å². The number of nitrogens with one attached hydrogen (secondary N) is 1. The van der Waals surface area contributed by atoms with Gasteiger partial charge in [0.25, 0.3) is 0 Å². The average Bonchev–Trinajstić information content (AvgIpc) is 2.79. The van der Waals surface area contributed by atoms with Crippen LogP contribution >= 0.6 is 15.9 Å². The van der Waals surface area contributed by atoms with E-state index in [1.54, 1.807) is 6.20 Å². The Kier molecular flexibility index (Phi) is 4.25. The molecule has 2 rings (SSSR count). The van der Waals surface area contributed by atoms with Gasteiger partial charge in [0.2, 0.25) is 5.88 Å². The second-order valence-electron chi connectivity index (χ2n) is 3.83. The van der Waals surface area contributed by atoms with Gasteiger partial charge in [0.05, 0.1) is 24.5 Å². The lowest BCUT2D eigenvalue weighted by atomic mass is 10.2. The van der Waals surface area contributed by atoms with Crippen molar-refractivity contribution in [3.8, 4) is 5.88 Å². The maximum absolute atomic E-state index is 5.49. The first-order chi connectivity index (χ1) is 8.69. The lowest BCUT2D eigenvalue weighted by Crippen LogP contribution is -2.06. The normalized spacial score (nSPS) is 12.2. The molecule has 0 fully saturated rings. The molecule has 0 radical (unpaired) electrons. The fraction of sp³-hybridized carbons (Fsp3) is 0.308. The summed E-state index contributed by atoms with van der Waals surface area (Å²) in [7, 11) is 0. The van der Waals surface area contributed by atoms with E-state index in [4.69, 9.17) is 9.15 Å². The Morgan fingerprint density at radius 1 is 1.39 bits per heavy atom. The van der Waals surface area contributed by atoms with Crippen LogP contribution in [0.4, 0.5) is 5.69 Å². The molecule has 4 nitrogen and oxygen atoms in total. The summed E-state index contributed by atoms with van der Waals surface area (Å²) in [6, 6.07) is 7.67. The molecule has 0 aliphatic rings. The van der Waals surface area contributed by atoms with Gasteiger partial charge in [-0.05, 0) is 48.0 Å². The van der Waals surface area contributed by atoms with Crippen LogP contribution in [0.25, 0.3) is 0 Å². The first-order valence-corrected chi connectivity index (χ1v) is 6.59. The fourth-order valence-corrected chi connectivity index (χ4v) is 1.90. The third-order valence-electron chi connectivity index (χ3n) is 2.43. The number of furan rings is 1. The summed E-state index contributed by atoms with van der Waals surface area (Å²) in [6.45, 7) is 4.59. The average molecular weight is 311 g/mol. The SMILES string of the molecule is CCOc1ccc(NC(C)c2ccc(Br)o2)cn1. The minimum absolute atomic E-state index is 0.0797. The Bertz CT molecular complexity index is 496. The highest BCUT2D eigenvalue weighted by Crippen LogP contribution is 2.23. The molecule has 0 aliphatic carbocycles. The van der Waals surface area contributed by atoms with Crippen molar-refractivity contribution in [3.63, 3.8) is 0 Å². The topological polar surface area (TPSA) is 47.3 Å². The minimum Gasteiger partial charge on any atom is -0.478 e. The Morgan fingerprint density at radius 2 is 2.22 bits per heavy atom. The number of ether oxygens (including phenoxy) is 1. The van der Waals surface area contributed by atoms with Crippen molar-refractivity contribution in [2.24, 2.45) is 0 Å². The third kappa shape index (κ3) is 3.26. The molecule has 1 unspecified atom stereocenters. The van der Waals surface area contributed by atoms with Crippen LogP contribution in [-0.4, -0.2) is 11.6 Å². The summed E-state index contributed by atoms with van der Waals surface area (Å²) >= 11 is 3.29. The molecule has 5 heteroatoms. The zero-order valence-electron chi connectivity index (χ0n) is 10.3. The summed E-state index contributed by atoms with van der Waals surface area (Å²) in [5.41, 5.74) is 0.929. The van der Waals surface area contributed by atoms with Crippen molar-refractivity contribution in [3.05, 3.63) is 40.9 Å². The van der Waals surface area contributed by atoms with Crippen molar-refractivity contribution >= 4 is 21.6 Å². The molecule has 0 amide bonds. The van der Waals surface area contributed by atoms with Gasteiger partial charge in [-0.2, -0.15) is 0 Å². The summed E-state index contributed by atoms with van der Waals surface area (Å²) in [6.07, 6.45) is 1.75. The van der Waals surface area contributed by atoms with Gasteiger partial charge in [0.1, 0.15) is 5.76 Å². The molecule has 0 bridgehead atoms. The molecule has 0 saturated heterocycles. The standard InChI is InChI=1S/C13H15BrN2O2/c1-3-17-13-7-4-10(8-15-13)16-9(2)11-5-6-12(14)18-11/h4-9,16H,3H2,1-2H3.